The summed E-state index contributed by atoms with van der Waals surface area (Å²) in [6, 6.07) is 19.0. The van der Waals surface area contributed by atoms with Gasteiger partial charge in [-0.3, -0.25) is 4.79 Å². The van der Waals surface area contributed by atoms with Crippen LogP contribution in [-0.2, 0) is 27.8 Å². The smallest absolute Gasteiger partial charge is 0.235 e. The van der Waals surface area contributed by atoms with Crippen LogP contribution in [0.2, 0.25) is 0 Å². The van der Waals surface area contributed by atoms with Crippen LogP contribution in [-0.4, -0.2) is 38.0 Å². The summed E-state index contributed by atoms with van der Waals surface area (Å²) in [5, 5.41) is 2.77. The second-order valence-corrected chi connectivity index (χ2v) is 7.58. The molecule has 5 nitrogen and oxygen atoms in total. The normalized spacial score (nSPS) is 11.4. The van der Waals surface area contributed by atoms with E-state index >= 15 is 0 Å². The molecule has 2 aromatic carbocycles. The topological polar surface area (TPSA) is 66.5 Å². The molecular formula is C18H22N2O3S. The number of nitrogens with one attached hydrogen (secondary N) is 1. The Morgan fingerprint density at radius 3 is 2.04 bits per heavy atom. The van der Waals surface area contributed by atoms with Gasteiger partial charge in [-0.1, -0.05) is 60.7 Å². The van der Waals surface area contributed by atoms with Gasteiger partial charge in [-0.05, 0) is 17.5 Å². The highest BCUT2D eigenvalue weighted by atomic mass is 32.2. The third kappa shape index (κ3) is 6.14. The lowest BCUT2D eigenvalue weighted by Crippen LogP contribution is -2.40. The first-order valence-corrected chi connectivity index (χ1v) is 9.59. The van der Waals surface area contributed by atoms with E-state index in [9.17, 15) is 13.2 Å². The minimum Gasteiger partial charge on any atom is -0.355 e. The van der Waals surface area contributed by atoms with Crippen molar-refractivity contribution in [3.8, 4) is 0 Å². The van der Waals surface area contributed by atoms with E-state index in [1.54, 1.807) is 0 Å². The van der Waals surface area contributed by atoms with Crippen LogP contribution < -0.4 is 5.32 Å². The van der Waals surface area contributed by atoms with Gasteiger partial charge < -0.3 is 5.32 Å². The quantitative estimate of drug-likeness (QED) is 0.793. The van der Waals surface area contributed by atoms with Crippen LogP contribution >= 0.6 is 0 Å². The number of amides is 1. The van der Waals surface area contributed by atoms with Crippen molar-refractivity contribution in [1.29, 1.82) is 0 Å². The molecule has 0 bridgehead atoms. The second-order valence-electron chi connectivity index (χ2n) is 5.60. The Bertz CT molecular complexity index is 746. The predicted octanol–water partition coefficient (Wildman–Crippen LogP) is 1.81. The zero-order chi connectivity index (χ0) is 17.4. The molecule has 0 aliphatic carbocycles. The van der Waals surface area contributed by atoms with Crippen molar-refractivity contribution in [1.82, 2.24) is 9.62 Å². The van der Waals surface area contributed by atoms with Gasteiger partial charge in [0.05, 0.1) is 12.8 Å². The van der Waals surface area contributed by atoms with Crippen molar-refractivity contribution in [3.63, 3.8) is 0 Å². The van der Waals surface area contributed by atoms with Gasteiger partial charge in [-0.25, -0.2) is 8.42 Å². The highest BCUT2D eigenvalue weighted by Gasteiger charge is 2.20. The molecule has 0 spiro atoms. The summed E-state index contributed by atoms with van der Waals surface area (Å²) in [7, 11) is -3.46. The maximum Gasteiger partial charge on any atom is 0.235 e. The monoisotopic (exact) mass is 346 g/mol. The molecule has 0 atom stereocenters. The van der Waals surface area contributed by atoms with Crippen molar-refractivity contribution in [2.45, 2.75) is 13.0 Å². The molecule has 6 heteroatoms. The average Bonchev–Trinajstić information content (AvgIpc) is 2.55. The van der Waals surface area contributed by atoms with Gasteiger partial charge in [0.25, 0.3) is 0 Å². The van der Waals surface area contributed by atoms with E-state index < -0.39 is 10.0 Å². The maximum absolute atomic E-state index is 12.1. The van der Waals surface area contributed by atoms with E-state index in [0.29, 0.717) is 13.0 Å². The lowest BCUT2D eigenvalue weighted by Gasteiger charge is -2.19. The zero-order valence-corrected chi connectivity index (χ0v) is 14.5. The van der Waals surface area contributed by atoms with E-state index in [1.165, 1.54) is 4.31 Å². The number of benzene rings is 2. The van der Waals surface area contributed by atoms with Crippen LogP contribution in [0.3, 0.4) is 0 Å². The van der Waals surface area contributed by atoms with Crippen molar-refractivity contribution in [2.24, 2.45) is 0 Å². The Morgan fingerprint density at radius 1 is 0.958 bits per heavy atom. The summed E-state index contributed by atoms with van der Waals surface area (Å²) in [6.45, 7) is 0.486. The average molecular weight is 346 g/mol. The van der Waals surface area contributed by atoms with Crippen LogP contribution in [0.25, 0.3) is 0 Å². The molecule has 2 rings (SSSR count). The largest absolute Gasteiger partial charge is 0.355 e. The maximum atomic E-state index is 12.1. The number of carbonyl (C=O) groups excluding carboxylic acids is 1. The van der Waals surface area contributed by atoms with Crippen LogP contribution in [0.5, 0.6) is 0 Å². The fraction of sp³-hybridized carbons (Fsp3) is 0.278. The Balaban J connectivity index is 1.88. The van der Waals surface area contributed by atoms with E-state index in [2.05, 4.69) is 5.32 Å². The van der Waals surface area contributed by atoms with Gasteiger partial charge in [0, 0.05) is 13.1 Å². The Morgan fingerprint density at radius 2 is 1.50 bits per heavy atom. The fourth-order valence-electron chi connectivity index (χ4n) is 2.28. The molecule has 0 saturated carbocycles. The van der Waals surface area contributed by atoms with Crippen LogP contribution in [0.1, 0.15) is 11.1 Å². The first-order chi connectivity index (χ1) is 11.4. The number of nitrogens with zero attached hydrogens (tertiary/aromatic N) is 1. The number of hydrogen-bond acceptors (Lipinski definition) is 3. The number of rotatable bonds is 8. The molecule has 1 N–H and O–H groups in total. The summed E-state index contributed by atoms with van der Waals surface area (Å²) in [6.07, 6.45) is 1.83. The lowest BCUT2D eigenvalue weighted by molar-refractivity contribution is -0.121. The Labute approximate surface area is 143 Å². The number of sulfonamides is 1. The Kier molecular flexibility index (Phi) is 6.52. The van der Waals surface area contributed by atoms with Gasteiger partial charge >= 0.3 is 0 Å². The first kappa shape index (κ1) is 18.2. The van der Waals surface area contributed by atoms with Crippen LogP contribution in [0, 0.1) is 0 Å². The standard InChI is InChI=1S/C18H22N2O3S/c1-24(22,23)20(14-17-10-6-3-7-11-17)15-18(21)19-13-12-16-8-4-2-5-9-16/h2-11H,12-15H2,1H3,(H,19,21). The molecule has 24 heavy (non-hydrogen) atoms. The summed E-state index contributed by atoms with van der Waals surface area (Å²) >= 11 is 0. The van der Waals surface area contributed by atoms with E-state index in [0.717, 1.165) is 17.4 Å². The summed E-state index contributed by atoms with van der Waals surface area (Å²) in [4.78, 5) is 12.1. The zero-order valence-electron chi connectivity index (χ0n) is 13.7. The third-order valence-corrected chi connectivity index (χ3v) is 4.77. The molecular weight excluding hydrogens is 324 g/mol. The molecule has 0 unspecified atom stereocenters. The summed E-state index contributed by atoms with van der Waals surface area (Å²) in [5.74, 6) is -0.299. The van der Waals surface area contributed by atoms with Gasteiger partial charge in [-0.2, -0.15) is 4.31 Å². The molecule has 0 radical (unpaired) electrons. The highest BCUT2D eigenvalue weighted by molar-refractivity contribution is 7.88. The molecule has 128 valence electrons. The van der Waals surface area contributed by atoms with E-state index in [4.69, 9.17) is 0 Å². The molecule has 1 amide bonds. The second kappa shape index (κ2) is 8.61. The summed E-state index contributed by atoms with van der Waals surface area (Å²) < 4.78 is 25.0. The third-order valence-electron chi connectivity index (χ3n) is 3.57. The van der Waals surface area contributed by atoms with Gasteiger partial charge in [-0.15, -0.1) is 0 Å². The Hall–Kier alpha value is -2.18. The molecule has 0 aliphatic rings. The molecule has 0 saturated heterocycles. The van der Waals surface area contributed by atoms with Gasteiger partial charge in [0.2, 0.25) is 15.9 Å². The molecule has 2 aromatic rings. The summed E-state index contributed by atoms with van der Waals surface area (Å²) in [5.41, 5.74) is 1.97. The molecule has 0 aromatic heterocycles. The SMILES string of the molecule is CS(=O)(=O)N(CC(=O)NCCc1ccccc1)Cc1ccccc1. The minimum atomic E-state index is -3.46. The van der Waals surface area contributed by atoms with Crippen molar-refractivity contribution < 1.29 is 13.2 Å². The van der Waals surface area contributed by atoms with Crippen LogP contribution in [0.4, 0.5) is 0 Å². The van der Waals surface area contributed by atoms with Crippen LogP contribution in [0.15, 0.2) is 60.7 Å². The lowest BCUT2D eigenvalue weighted by atomic mass is 10.1. The van der Waals surface area contributed by atoms with Crippen molar-refractivity contribution in [2.75, 3.05) is 19.3 Å². The van der Waals surface area contributed by atoms with E-state index in [1.807, 2.05) is 60.7 Å². The molecule has 0 heterocycles. The highest BCUT2D eigenvalue weighted by Crippen LogP contribution is 2.08. The number of carbonyl (C=O) groups is 1. The minimum absolute atomic E-state index is 0.178. The molecule has 0 fully saturated rings. The van der Waals surface area contributed by atoms with Gasteiger partial charge in [0.1, 0.15) is 0 Å². The van der Waals surface area contributed by atoms with Crippen molar-refractivity contribution in [3.05, 3.63) is 71.8 Å². The first-order valence-electron chi connectivity index (χ1n) is 7.75. The number of hydrogen-bond donors (Lipinski definition) is 1. The predicted molar refractivity (Wildman–Crippen MR) is 94.9 cm³/mol. The fourth-order valence-corrected chi connectivity index (χ4v) is 3.02. The van der Waals surface area contributed by atoms with Gasteiger partial charge in [0.15, 0.2) is 0 Å². The van der Waals surface area contributed by atoms with E-state index in [-0.39, 0.29) is 19.0 Å². The van der Waals surface area contributed by atoms with Crippen molar-refractivity contribution >= 4 is 15.9 Å². The molecule has 0 aliphatic heterocycles.